The average Bonchev–Trinajstić information content (AvgIpc) is 3.36. The minimum absolute atomic E-state index is 0.202. The first-order chi connectivity index (χ1) is 32.9. The molecule has 7 unspecified atom stereocenters. The van der Waals surface area contributed by atoms with Crippen LogP contribution in [-0.2, 0) is 12.8 Å². The molecule has 9 aliphatic rings. The highest BCUT2D eigenvalue weighted by Gasteiger charge is 2.44. The van der Waals surface area contributed by atoms with Gasteiger partial charge in [0, 0.05) is 0 Å². The third-order valence-corrected chi connectivity index (χ3v) is 18.6. The maximum absolute atomic E-state index is 4.10. The number of hydrogen-bond donors (Lipinski definition) is 0. The van der Waals surface area contributed by atoms with E-state index in [1.807, 2.05) is 6.08 Å². The van der Waals surface area contributed by atoms with Gasteiger partial charge < -0.3 is 0 Å². The summed E-state index contributed by atoms with van der Waals surface area (Å²) in [6.07, 6.45) is 51.0. The van der Waals surface area contributed by atoms with Crippen molar-refractivity contribution in [2.45, 2.75) is 138 Å². The summed E-state index contributed by atoms with van der Waals surface area (Å²) in [4.78, 5) is 0. The first kappa shape index (κ1) is 45.5. The molecule has 0 fully saturated rings. The fourth-order valence-electron chi connectivity index (χ4n) is 14.6. The lowest BCUT2D eigenvalue weighted by molar-refractivity contribution is 0.187. The highest BCUT2D eigenvalue weighted by Crippen LogP contribution is 2.58. The van der Waals surface area contributed by atoms with E-state index in [2.05, 4.69) is 170 Å². The molecule has 0 saturated heterocycles. The maximum atomic E-state index is 4.10. The van der Waals surface area contributed by atoms with Gasteiger partial charge in [0.05, 0.1) is 0 Å². The summed E-state index contributed by atoms with van der Waals surface area (Å²) in [7, 11) is 0. The summed E-state index contributed by atoms with van der Waals surface area (Å²) < 4.78 is 0. The lowest BCUT2D eigenvalue weighted by Crippen LogP contribution is -2.34. The van der Waals surface area contributed by atoms with Crippen molar-refractivity contribution in [3.8, 4) is 11.1 Å². The molecular weight excluding hydrogens is 817 g/mol. The van der Waals surface area contributed by atoms with Gasteiger partial charge in [-0.1, -0.05) is 176 Å². The van der Waals surface area contributed by atoms with Gasteiger partial charge in [0.15, 0.2) is 0 Å². The third-order valence-electron chi connectivity index (χ3n) is 18.6. The van der Waals surface area contributed by atoms with Gasteiger partial charge in [-0.3, -0.25) is 0 Å². The molecular formula is C68H78. The van der Waals surface area contributed by atoms with E-state index in [1.54, 1.807) is 78.0 Å². The Morgan fingerprint density at radius 2 is 1.46 bits per heavy atom. The summed E-state index contributed by atoms with van der Waals surface area (Å²) in [5.74, 6) is 3.84. The molecule has 0 saturated carbocycles. The fraction of sp³-hybridized carbons (Fsp3) is 0.441. The van der Waals surface area contributed by atoms with E-state index < -0.39 is 0 Å². The molecule has 0 N–H and O–H groups in total. The van der Waals surface area contributed by atoms with E-state index >= 15 is 0 Å². The molecule has 0 radical (unpaired) electrons. The molecule has 68 heavy (non-hydrogen) atoms. The van der Waals surface area contributed by atoms with Gasteiger partial charge in [-0.2, -0.15) is 0 Å². The first-order valence-corrected chi connectivity index (χ1v) is 27.1. The van der Waals surface area contributed by atoms with Crippen LogP contribution in [0.3, 0.4) is 0 Å². The van der Waals surface area contributed by atoms with Crippen molar-refractivity contribution in [1.29, 1.82) is 0 Å². The second-order valence-corrected chi connectivity index (χ2v) is 24.4. The monoisotopic (exact) mass is 895 g/mol. The van der Waals surface area contributed by atoms with Crippen LogP contribution in [0.2, 0.25) is 0 Å². The van der Waals surface area contributed by atoms with Gasteiger partial charge in [0.25, 0.3) is 0 Å². The van der Waals surface area contributed by atoms with Crippen molar-refractivity contribution in [2.24, 2.45) is 52.3 Å². The Morgan fingerprint density at radius 1 is 0.676 bits per heavy atom. The summed E-state index contributed by atoms with van der Waals surface area (Å²) in [6, 6.07) is 14.1. The Kier molecular flexibility index (Phi) is 12.1. The van der Waals surface area contributed by atoms with Crippen LogP contribution in [0.1, 0.15) is 148 Å². The van der Waals surface area contributed by atoms with Crippen LogP contribution in [-0.4, -0.2) is 0 Å². The second kappa shape index (κ2) is 18.1. The van der Waals surface area contributed by atoms with E-state index in [-0.39, 0.29) is 5.41 Å². The summed E-state index contributed by atoms with van der Waals surface area (Å²) >= 11 is 0. The Hall–Kier alpha value is -4.94. The summed E-state index contributed by atoms with van der Waals surface area (Å²) in [5, 5.41) is 0. The Balaban J connectivity index is 1.04. The van der Waals surface area contributed by atoms with Gasteiger partial charge in [-0.15, -0.1) is 0 Å². The maximum Gasteiger partial charge on any atom is -0.00524 e. The zero-order chi connectivity index (χ0) is 46.9. The highest BCUT2D eigenvalue weighted by molar-refractivity contribution is 5.87. The molecule has 2 aromatic carbocycles. The highest BCUT2D eigenvalue weighted by atomic mass is 14.5. The van der Waals surface area contributed by atoms with Crippen molar-refractivity contribution in [3.63, 3.8) is 0 Å². The van der Waals surface area contributed by atoms with Crippen LogP contribution < -0.4 is 0 Å². The smallest absolute Gasteiger partial charge is 0.00524 e. The van der Waals surface area contributed by atoms with Crippen molar-refractivity contribution in [3.05, 3.63) is 200 Å². The van der Waals surface area contributed by atoms with Crippen molar-refractivity contribution >= 4 is 11.6 Å². The molecule has 7 atom stereocenters. The van der Waals surface area contributed by atoms with E-state index in [4.69, 9.17) is 0 Å². The summed E-state index contributed by atoms with van der Waals surface area (Å²) in [5.41, 5.74) is 28.0. The van der Waals surface area contributed by atoms with E-state index in [0.717, 1.165) is 38.5 Å². The van der Waals surface area contributed by atoms with Crippen LogP contribution in [0.4, 0.5) is 0 Å². The first-order valence-electron chi connectivity index (χ1n) is 27.1. The minimum atomic E-state index is 0.202. The third kappa shape index (κ3) is 8.28. The lowest BCUT2D eigenvalue weighted by atomic mass is 9.59. The number of fused-ring (bicyclic) bond motifs is 7. The molecule has 0 aromatic heterocycles. The fourth-order valence-corrected chi connectivity index (χ4v) is 14.6. The summed E-state index contributed by atoms with van der Waals surface area (Å²) in [6.45, 7) is 21.3. The van der Waals surface area contributed by atoms with Gasteiger partial charge in [-0.25, -0.2) is 0 Å². The minimum Gasteiger partial charge on any atom is -0.0991 e. The molecule has 11 rings (SSSR count). The number of allylic oxidation sites excluding steroid dienone is 24. The van der Waals surface area contributed by atoms with Gasteiger partial charge in [-0.05, 0) is 237 Å². The molecule has 0 nitrogen and oxygen atoms in total. The topological polar surface area (TPSA) is 0 Å². The normalized spacial score (nSPS) is 28.3. The van der Waals surface area contributed by atoms with E-state index in [9.17, 15) is 0 Å². The Morgan fingerprint density at radius 3 is 2.21 bits per heavy atom. The number of hydrogen-bond acceptors (Lipinski definition) is 0. The van der Waals surface area contributed by atoms with Crippen LogP contribution >= 0.6 is 0 Å². The Bertz CT molecular complexity index is 2780. The molecule has 0 heteroatoms. The molecule has 0 spiro atoms. The van der Waals surface area contributed by atoms with Gasteiger partial charge >= 0.3 is 0 Å². The standard InChI is InChI=1S/C68H78/c1-9-10-20-43(2)55-39-63-53-33-29-49(67(3,4)5)37-61(53)57(45-23-16-12-17-24-45)41-64(63)51-31-27-47(35-59(51)55)48-28-32-52-60(36-48)56(44-21-14-11-15-22-44)40-66-54-34-30-50(68(6,7)8)38-62(54)58(42-65(52)66)46-25-18-13-19-26-46/h9-12,14-18,20-23,25-26,34-37,40,43,45,50,55,57-58,62H,1,13,19,24,27-33,38-39,41-42H2,2-8H3/b20-10-. The largest absolute Gasteiger partial charge is 0.0991 e. The SMILES string of the molecule is C=C/C=C\C(C)C1CC2=C(CC(C3C=CC=CC3)C3=C2CCC(C(C)(C)C)=C3)C2=C1C=C(C1=Cc3c(-c4ccccc4)cc4c(c3CC1)CC(C1=CCCC=C1)C1CC(C(C)(C)C)CC=C41)CC2. The van der Waals surface area contributed by atoms with Crippen molar-refractivity contribution < 1.29 is 0 Å². The molecule has 350 valence electrons. The van der Waals surface area contributed by atoms with Crippen LogP contribution in [0.15, 0.2) is 178 Å². The molecule has 0 bridgehead atoms. The second-order valence-electron chi connectivity index (χ2n) is 24.4. The number of rotatable bonds is 7. The number of benzene rings is 2. The van der Waals surface area contributed by atoms with Crippen molar-refractivity contribution in [2.75, 3.05) is 0 Å². The van der Waals surface area contributed by atoms with Crippen LogP contribution in [0, 0.1) is 52.3 Å². The molecule has 0 heterocycles. The molecule has 9 aliphatic carbocycles. The van der Waals surface area contributed by atoms with E-state index in [0.29, 0.717) is 46.8 Å². The average molecular weight is 895 g/mol. The lowest BCUT2D eigenvalue weighted by Gasteiger charge is -2.45. The van der Waals surface area contributed by atoms with Crippen LogP contribution in [0.25, 0.3) is 22.8 Å². The molecule has 0 amide bonds. The van der Waals surface area contributed by atoms with Crippen molar-refractivity contribution in [1.82, 2.24) is 0 Å². The van der Waals surface area contributed by atoms with Crippen LogP contribution in [0.5, 0.6) is 0 Å². The predicted molar refractivity (Wildman–Crippen MR) is 292 cm³/mol. The van der Waals surface area contributed by atoms with Gasteiger partial charge in [0.1, 0.15) is 0 Å². The zero-order valence-electron chi connectivity index (χ0n) is 42.7. The van der Waals surface area contributed by atoms with E-state index in [1.165, 1.54) is 68.1 Å². The Labute approximate surface area is 411 Å². The quantitative estimate of drug-likeness (QED) is 0.243. The van der Waals surface area contributed by atoms with Gasteiger partial charge in [0.2, 0.25) is 0 Å². The zero-order valence-corrected chi connectivity index (χ0v) is 42.7. The molecule has 0 aliphatic heterocycles. The molecule has 2 aromatic rings. The predicted octanol–water partition coefficient (Wildman–Crippen LogP) is 18.5.